The van der Waals surface area contributed by atoms with E-state index in [4.69, 9.17) is 11.6 Å². The Morgan fingerprint density at radius 1 is 0.790 bits per heavy atom. The number of likely N-dealkylation sites (tertiary alicyclic amines) is 1. The first-order valence-electron chi connectivity index (χ1n) is 20.9. The lowest BCUT2D eigenvalue weighted by Gasteiger charge is -2.33. The van der Waals surface area contributed by atoms with Crippen molar-refractivity contribution in [2.45, 2.75) is 37.8 Å². The molecule has 6 N–H and O–H groups in total. The van der Waals surface area contributed by atoms with E-state index in [0.717, 1.165) is 57.4 Å². The highest BCUT2D eigenvalue weighted by atomic mass is 35.5. The van der Waals surface area contributed by atoms with Crippen molar-refractivity contribution in [2.75, 3.05) is 58.9 Å². The van der Waals surface area contributed by atoms with Gasteiger partial charge in [0, 0.05) is 79.1 Å². The number of carbonyl (C=O) groups is 4. The summed E-state index contributed by atoms with van der Waals surface area (Å²) in [5, 5.41) is 18.1. The summed E-state index contributed by atoms with van der Waals surface area (Å²) in [6, 6.07) is 28.4. The molecule has 0 radical (unpaired) electrons. The number of piperidine rings is 3. The Bertz CT molecular complexity index is 2450. The van der Waals surface area contributed by atoms with E-state index >= 15 is 0 Å². The number of anilines is 7. The molecule has 4 atom stereocenters. The van der Waals surface area contributed by atoms with Gasteiger partial charge in [-0.1, -0.05) is 23.7 Å². The molecule has 62 heavy (non-hydrogen) atoms. The normalized spacial score (nSPS) is 21.1. The molecule has 1 saturated carbocycles. The van der Waals surface area contributed by atoms with Crippen LogP contribution in [-0.4, -0.2) is 83.3 Å². The number of halogens is 2. The third kappa shape index (κ3) is 9.48. The quantitative estimate of drug-likeness (QED) is 0.0688. The van der Waals surface area contributed by atoms with Crippen LogP contribution in [0.25, 0.3) is 0 Å². The number of benzene rings is 4. The summed E-state index contributed by atoms with van der Waals surface area (Å²) in [5.74, 6) is 0.631. The minimum atomic E-state index is -0.653. The topological polar surface area (TPSA) is 173 Å². The number of amides is 4. The van der Waals surface area contributed by atoms with E-state index in [1.165, 1.54) is 5.69 Å². The number of nitrogens with one attached hydrogen (secondary N) is 6. The van der Waals surface area contributed by atoms with Gasteiger partial charge in [-0.05, 0) is 122 Å². The smallest absolute Gasteiger partial charge is 0.255 e. The SMILES string of the molecule is O=C1CCC(Nc2ccc(N3C[C@@H]4C(CN5CCC(NC(=O)c6ccc(Nc7ncc(F)c(Nc8ccc(C(=O)Nc9ccccc9Cl)cc8)n7)cc6)CC5)[C@@H]4C3)cc2)C(=O)N1. The highest BCUT2D eigenvalue weighted by molar-refractivity contribution is 6.33. The molecule has 3 saturated heterocycles. The van der Waals surface area contributed by atoms with Crippen molar-refractivity contribution in [3.05, 3.63) is 125 Å². The number of aromatic nitrogens is 2. The lowest BCUT2D eigenvalue weighted by atomic mass is 10.0. The van der Waals surface area contributed by atoms with Gasteiger partial charge in [0.25, 0.3) is 11.8 Å². The average molecular weight is 857 g/mol. The highest BCUT2D eigenvalue weighted by Crippen LogP contribution is 2.53. The van der Waals surface area contributed by atoms with Crippen LogP contribution in [-0.2, 0) is 9.59 Å². The predicted octanol–water partition coefficient (Wildman–Crippen LogP) is 6.80. The number of hydrogen-bond acceptors (Lipinski definition) is 11. The summed E-state index contributed by atoms with van der Waals surface area (Å²) in [5.41, 5.74) is 4.66. The van der Waals surface area contributed by atoms with E-state index in [0.29, 0.717) is 63.8 Å². The van der Waals surface area contributed by atoms with Gasteiger partial charge < -0.3 is 36.4 Å². The number of fused-ring (bicyclic) bond motifs is 1. The maximum Gasteiger partial charge on any atom is 0.255 e. The zero-order valence-corrected chi connectivity index (χ0v) is 34.5. The molecule has 318 valence electrons. The summed E-state index contributed by atoms with van der Waals surface area (Å²) >= 11 is 6.15. The molecule has 3 aliphatic heterocycles. The molecule has 0 bridgehead atoms. The molecule has 5 aromatic rings. The molecule has 9 rings (SSSR count). The van der Waals surface area contributed by atoms with Crippen LogP contribution in [0, 0.1) is 23.6 Å². The van der Waals surface area contributed by atoms with Crippen molar-refractivity contribution in [1.82, 2.24) is 25.5 Å². The molecule has 1 aromatic heterocycles. The van der Waals surface area contributed by atoms with Crippen molar-refractivity contribution in [1.29, 1.82) is 0 Å². The zero-order valence-electron chi connectivity index (χ0n) is 33.7. The second kappa shape index (κ2) is 17.8. The fourth-order valence-corrected chi connectivity index (χ4v) is 8.89. The molecule has 0 spiro atoms. The number of carbonyl (C=O) groups excluding carboxylic acids is 4. The van der Waals surface area contributed by atoms with Crippen molar-refractivity contribution in [3.8, 4) is 0 Å². The van der Waals surface area contributed by atoms with Crippen LogP contribution >= 0.6 is 11.6 Å². The summed E-state index contributed by atoms with van der Waals surface area (Å²) in [6.45, 7) is 5.11. The molecule has 16 heteroatoms. The molecule has 2 unspecified atom stereocenters. The van der Waals surface area contributed by atoms with E-state index in [1.54, 1.807) is 72.8 Å². The summed E-state index contributed by atoms with van der Waals surface area (Å²) in [7, 11) is 0. The molecule has 4 amide bonds. The second-order valence-corrected chi connectivity index (χ2v) is 16.8. The standard InChI is InChI=1S/C46H46ClFN10O4/c47-37-3-1-2-4-39(37)54-44(61)28-5-9-30(10-6-28)51-42-38(48)23-49-46(56-42)53-31-11-7-27(8-12-31)43(60)52-32-19-21-57(22-20-32)24-34-35-25-58(26-36(34)35)33-15-13-29(14-16-33)50-40-17-18-41(59)55-45(40)62/h1-16,23,32,34-36,40,50H,17-22,24-26H2,(H,52,60)(H,54,61)(H,55,59,62)(H2,49,51,53,56)/t34?,35-,36+,40?. The Balaban J connectivity index is 0.691. The van der Waals surface area contributed by atoms with Crippen LogP contribution in [0.3, 0.4) is 0 Å². The van der Waals surface area contributed by atoms with Crippen molar-refractivity contribution >= 4 is 75.4 Å². The van der Waals surface area contributed by atoms with Crippen LogP contribution in [0.15, 0.2) is 103 Å². The van der Waals surface area contributed by atoms with Gasteiger partial charge in [0.2, 0.25) is 17.8 Å². The van der Waals surface area contributed by atoms with Gasteiger partial charge >= 0.3 is 0 Å². The molecular weight excluding hydrogens is 811 g/mol. The van der Waals surface area contributed by atoms with E-state index in [1.807, 2.05) is 12.1 Å². The van der Waals surface area contributed by atoms with Crippen molar-refractivity contribution in [2.24, 2.45) is 17.8 Å². The fourth-order valence-electron chi connectivity index (χ4n) is 8.71. The average Bonchev–Trinajstić information content (AvgIpc) is 3.69. The number of nitrogens with zero attached hydrogens (tertiary/aromatic N) is 4. The van der Waals surface area contributed by atoms with E-state index < -0.39 is 11.9 Å². The third-order valence-electron chi connectivity index (χ3n) is 12.3. The number of rotatable bonds is 13. The lowest BCUT2D eigenvalue weighted by molar-refractivity contribution is -0.133. The minimum Gasteiger partial charge on any atom is -0.374 e. The molecule has 1 aliphatic carbocycles. The number of para-hydroxylation sites is 1. The van der Waals surface area contributed by atoms with Gasteiger partial charge in [-0.15, -0.1) is 0 Å². The predicted molar refractivity (Wildman–Crippen MR) is 237 cm³/mol. The van der Waals surface area contributed by atoms with E-state index in [-0.39, 0.29) is 41.4 Å². The van der Waals surface area contributed by atoms with Gasteiger partial charge in [-0.2, -0.15) is 4.98 Å². The maximum absolute atomic E-state index is 14.7. The van der Waals surface area contributed by atoms with Crippen LogP contribution in [0.1, 0.15) is 46.4 Å². The zero-order chi connectivity index (χ0) is 42.7. The molecule has 14 nitrogen and oxygen atoms in total. The third-order valence-corrected chi connectivity index (χ3v) is 12.6. The lowest BCUT2D eigenvalue weighted by Crippen LogP contribution is -2.47. The highest BCUT2D eigenvalue weighted by Gasteiger charge is 2.55. The van der Waals surface area contributed by atoms with Crippen molar-refractivity contribution in [3.63, 3.8) is 0 Å². The van der Waals surface area contributed by atoms with Gasteiger partial charge in [-0.25, -0.2) is 9.37 Å². The summed E-state index contributed by atoms with van der Waals surface area (Å²) < 4.78 is 14.7. The fraction of sp³-hybridized carbons (Fsp3) is 0.304. The second-order valence-electron chi connectivity index (χ2n) is 16.4. The molecule has 4 heterocycles. The number of imide groups is 1. The Hall–Kier alpha value is -6.58. The van der Waals surface area contributed by atoms with Crippen molar-refractivity contribution < 1.29 is 23.6 Å². The molecule has 4 aromatic carbocycles. The van der Waals surface area contributed by atoms with Gasteiger partial charge in [0.1, 0.15) is 6.04 Å². The van der Waals surface area contributed by atoms with Crippen LogP contribution in [0.2, 0.25) is 5.02 Å². The van der Waals surface area contributed by atoms with Crippen LogP contribution < -0.4 is 36.8 Å². The Morgan fingerprint density at radius 2 is 1.44 bits per heavy atom. The first kappa shape index (κ1) is 40.8. The minimum absolute atomic E-state index is 0.0493. The van der Waals surface area contributed by atoms with E-state index in [9.17, 15) is 23.6 Å². The number of hydrogen-bond donors (Lipinski definition) is 6. The van der Waals surface area contributed by atoms with Crippen LogP contribution in [0.5, 0.6) is 0 Å². The van der Waals surface area contributed by atoms with Gasteiger partial charge in [0.05, 0.1) is 16.9 Å². The summed E-state index contributed by atoms with van der Waals surface area (Å²) in [6.07, 6.45) is 3.72. The maximum atomic E-state index is 14.7. The molecular formula is C46H46ClFN10O4. The largest absolute Gasteiger partial charge is 0.374 e. The van der Waals surface area contributed by atoms with Gasteiger partial charge in [-0.3, -0.25) is 24.5 Å². The van der Waals surface area contributed by atoms with Gasteiger partial charge in [0.15, 0.2) is 11.6 Å². The Morgan fingerprint density at radius 3 is 2.11 bits per heavy atom. The summed E-state index contributed by atoms with van der Waals surface area (Å²) in [4.78, 5) is 62.8. The molecule has 4 aliphatic rings. The molecule has 4 fully saturated rings. The Kier molecular flexibility index (Phi) is 11.7. The first-order valence-corrected chi connectivity index (χ1v) is 21.3. The monoisotopic (exact) mass is 856 g/mol. The van der Waals surface area contributed by atoms with Crippen LogP contribution in [0.4, 0.5) is 44.6 Å². The Labute approximate surface area is 363 Å². The first-order chi connectivity index (χ1) is 30.1. The van der Waals surface area contributed by atoms with E-state index in [2.05, 4.69) is 63.8 Å².